The second-order valence-corrected chi connectivity index (χ2v) is 8.23. The first kappa shape index (κ1) is 22.2. The van der Waals surface area contributed by atoms with Crippen molar-refractivity contribution in [2.24, 2.45) is 10.9 Å². The van der Waals surface area contributed by atoms with Crippen molar-refractivity contribution in [1.82, 2.24) is 15.5 Å². The van der Waals surface area contributed by atoms with Crippen LogP contribution in [0.1, 0.15) is 51.0 Å². The number of phenols is 1. The highest BCUT2D eigenvalue weighted by Crippen LogP contribution is 2.29. The molecule has 2 aliphatic rings. The summed E-state index contributed by atoms with van der Waals surface area (Å²) in [5.41, 5.74) is 0.819. The topological polar surface area (TPSA) is 86.2 Å². The van der Waals surface area contributed by atoms with Crippen molar-refractivity contribution in [2.45, 2.75) is 57.9 Å². The Balaban J connectivity index is 1.52. The first-order chi connectivity index (χ1) is 14.6. The van der Waals surface area contributed by atoms with Gasteiger partial charge >= 0.3 is 0 Å². The van der Waals surface area contributed by atoms with E-state index >= 15 is 0 Å². The maximum Gasteiger partial charge on any atom is 0.225 e. The van der Waals surface area contributed by atoms with E-state index in [4.69, 9.17) is 4.74 Å². The van der Waals surface area contributed by atoms with Crippen LogP contribution in [0.5, 0.6) is 11.5 Å². The number of methoxy groups -OCH3 is 1. The maximum absolute atomic E-state index is 12.8. The van der Waals surface area contributed by atoms with E-state index in [2.05, 4.69) is 15.6 Å². The molecular formula is C23H36N4O3. The third-order valence-electron chi connectivity index (χ3n) is 6.09. The number of likely N-dealkylation sites (tertiary alicyclic amines) is 1. The van der Waals surface area contributed by atoms with E-state index in [1.807, 2.05) is 24.0 Å². The van der Waals surface area contributed by atoms with Gasteiger partial charge in [0.1, 0.15) is 0 Å². The molecule has 1 saturated carbocycles. The minimum Gasteiger partial charge on any atom is -0.504 e. The molecule has 0 bridgehead atoms. The van der Waals surface area contributed by atoms with Gasteiger partial charge in [0.05, 0.1) is 7.11 Å². The Morgan fingerprint density at radius 1 is 1.27 bits per heavy atom. The van der Waals surface area contributed by atoms with E-state index < -0.39 is 0 Å². The molecule has 1 aliphatic heterocycles. The number of benzene rings is 1. The van der Waals surface area contributed by atoms with Crippen molar-refractivity contribution < 1.29 is 14.6 Å². The number of carbonyl (C=O) groups is 1. The van der Waals surface area contributed by atoms with Crippen LogP contribution in [0.3, 0.4) is 0 Å². The van der Waals surface area contributed by atoms with Gasteiger partial charge in [-0.1, -0.05) is 31.4 Å². The van der Waals surface area contributed by atoms with Crippen molar-refractivity contribution in [3.63, 3.8) is 0 Å². The van der Waals surface area contributed by atoms with E-state index in [9.17, 15) is 9.90 Å². The molecule has 0 radical (unpaired) electrons. The van der Waals surface area contributed by atoms with Gasteiger partial charge in [-0.2, -0.15) is 0 Å². The summed E-state index contributed by atoms with van der Waals surface area (Å²) in [7, 11) is 1.55. The molecule has 7 nitrogen and oxygen atoms in total. The molecule has 1 heterocycles. The molecule has 30 heavy (non-hydrogen) atoms. The normalized spacial score (nSPS) is 20.3. The molecule has 0 aromatic heterocycles. The Hall–Kier alpha value is -2.44. The number of hydrogen-bond donors (Lipinski definition) is 3. The molecule has 7 heteroatoms. The zero-order chi connectivity index (χ0) is 21.3. The monoisotopic (exact) mass is 416 g/mol. The summed E-state index contributed by atoms with van der Waals surface area (Å²) in [5.74, 6) is 2.00. The van der Waals surface area contributed by atoms with Crippen molar-refractivity contribution in [2.75, 3.05) is 33.3 Å². The number of guanidine groups is 1. The van der Waals surface area contributed by atoms with Crippen LogP contribution in [0.4, 0.5) is 0 Å². The fourth-order valence-corrected chi connectivity index (χ4v) is 4.42. The minimum absolute atomic E-state index is 0.181. The lowest BCUT2D eigenvalue weighted by atomic mass is 9.88. The molecule has 1 saturated heterocycles. The largest absolute Gasteiger partial charge is 0.504 e. The maximum atomic E-state index is 12.8. The predicted molar refractivity (Wildman–Crippen MR) is 119 cm³/mol. The smallest absolute Gasteiger partial charge is 0.225 e. The van der Waals surface area contributed by atoms with Crippen LogP contribution in [0.15, 0.2) is 23.2 Å². The van der Waals surface area contributed by atoms with Crippen LogP contribution in [-0.4, -0.2) is 61.2 Å². The van der Waals surface area contributed by atoms with Gasteiger partial charge in [-0.25, -0.2) is 0 Å². The molecule has 3 rings (SSSR count). The third-order valence-corrected chi connectivity index (χ3v) is 6.09. The van der Waals surface area contributed by atoms with E-state index in [-0.39, 0.29) is 17.7 Å². The van der Waals surface area contributed by atoms with Crippen molar-refractivity contribution in [3.8, 4) is 11.5 Å². The standard InChI is InChI=1S/C23H36N4O3/c1-3-24-23(25-14-12-17-10-7-11-20(30-2)21(17)28)26-19-13-15-27(16-19)22(29)18-8-5-4-6-9-18/h7,10-11,18-19,28H,3-6,8-9,12-16H2,1-2H3,(H2,24,25,26). The van der Waals surface area contributed by atoms with Crippen LogP contribution in [0, 0.1) is 5.92 Å². The number of phenolic OH excluding ortho intramolecular Hbond substituents is 1. The second kappa shape index (κ2) is 11.1. The first-order valence-electron chi connectivity index (χ1n) is 11.3. The Labute approximate surface area is 179 Å². The number of nitrogens with zero attached hydrogens (tertiary/aromatic N) is 2. The summed E-state index contributed by atoms with van der Waals surface area (Å²) in [5, 5.41) is 17.0. The summed E-state index contributed by atoms with van der Waals surface area (Å²) in [4.78, 5) is 19.5. The Morgan fingerprint density at radius 3 is 2.80 bits per heavy atom. The molecule has 0 spiro atoms. The first-order valence-corrected chi connectivity index (χ1v) is 11.3. The number of amides is 1. The van der Waals surface area contributed by atoms with Crippen molar-refractivity contribution >= 4 is 11.9 Å². The molecule has 1 unspecified atom stereocenters. The average molecular weight is 417 g/mol. The summed E-state index contributed by atoms with van der Waals surface area (Å²) in [6.07, 6.45) is 7.31. The lowest BCUT2D eigenvalue weighted by Gasteiger charge is -2.26. The van der Waals surface area contributed by atoms with Crippen molar-refractivity contribution in [3.05, 3.63) is 23.8 Å². The van der Waals surface area contributed by atoms with E-state index in [1.54, 1.807) is 13.2 Å². The predicted octanol–water partition coefficient (Wildman–Crippen LogP) is 2.68. The van der Waals surface area contributed by atoms with Gasteiger partial charge in [-0.05, 0) is 44.2 Å². The third kappa shape index (κ3) is 5.80. The summed E-state index contributed by atoms with van der Waals surface area (Å²) in [6, 6.07) is 5.73. The van der Waals surface area contributed by atoms with Crippen molar-refractivity contribution in [1.29, 1.82) is 0 Å². The molecule has 1 atom stereocenters. The number of hydrogen-bond acceptors (Lipinski definition) is 4. The van der Waals surface area contributed by atoms with E-state index in [0.29, 0.717) is 24.6 Å². The fraction of sp³-hybridized carbons (Fsp3) is 0.652. The quantitative estimate of drug-likeness (QED) is 0.470. The highest BCUT2D eigenvalue weighted by atomic mass is 16.5. The van der Waals surface area contributed by atoms with Gasteiger partial charge in [0.15, 0.2) is 17.5 Å². The van der Waals surface area contributed by atoms with Crippen LogP contribution in [-0.2, 0) is 11.2 Å². The Kier molecular flexibility index (Phi) is 8.22. The van der Waals surface area contributed by atoms with Crippen LogP contribution >= 0.6 is 0 Å². The summed E-state index contributed by atoms with van der Waals surface area (Å²) in [6.45, 7) is 4.93. The highest BCUT2D eigenvalue weighted by molar-refractivity contribution is 5.81. The van der Waals surface area contributed by atoms with Gasteiger partial charge < -0.3 is 25.4 Å². The fourth-order valence-electron chi connectivity index (χ4n) is 4.42. The van der Waals surface area contributed by atoms with E-state index in [0.717, 1.165) is 50.4 Å². The molecule has 2 fully saturated rings. The van der Waals surface area contributed by atoms with Crippen LogP contribution in [0.25, 0.3) is 0 Å². The summed E-state index contributed by atoms with van der Waals surface area (Å²) >= 11 is 0. The molecule has 166 valence electrons. The number of carbonyl (C=O) groups excluding carboxylic acids is 1. The van der Waals surface area contributed by atoms with Gasteiger partial charge in [0.2, 0.25) is 5.91 Å². The number of rotatable bonds is 7. The number of ether oxygens (including phenoxy) is 1. The Morgan fingerprint density at radius 2 is 2.07 bits per heavy atom. The molecule has 1 amide bonds. The summed E-state index contributed by atoms with van der Waals surface area (Å²) < 4.78 is 5.17. The average Bonchev–Trinajstić information content (AvgIpc) is 3.23. The SMILES string of the molecule is CCNC(=NCCc1cccc(OC)c1O)NC1CCN(C(=O)C2CCCCC2)C1. The van der Waals surface area contributed by atoms with Crippen LogP contribution < -0.4 is 15.4 Å². The number of aliphatic imine (C=N–C) groups is 1. The molecule has 3 N–H and O–H groups in total. The van der Waals surface area contributed by atoms with Gasteiger partial charge in [-0.3, -0.25) is 9.79 Å². The molecular weight excluding hydrogens is 380 g/mol. The molecule has 1 aromatic rings. The Bertz CT molecular complexity index is 731. The van der Waals surface area contributed by atoms with Crippen LogP contribution in [0.2, 0.25) is 0 Å². The minimum atomic E-state index is 0.181. The zero-order valence-corrected chi connectivity index (χ0v) is 18.3. The van der Waals surface area contributed by atoms with Gasteiger partial charge in [0, 0.05) is 38.1 Å². The van der Waals surface area contributed by atoms with Gasteiger partial charge in [0.25, 0.3) is 0 Å². The number of nitrogens with one attached hydrogen (secondary N) is 2. The zero-order valence-electron chi connectivity index (χ0n) is 18.3. The highest BCUT2D eigenvalue weighted by Gasteiger charge is 2.31. The van der Waals surface area contributed by atoms with Gasteiger partial charge in [-0.15, -0.1) is 0 Å². The number of para-hydroxylation sites is 1. The lowest BCUT2D eigenvalue weighted by molar-refractivity contribution is -0.135. The lowest BCUT2D eigenvalue weighted by Crippen LogP contribution is -2.45. The van der Waals surface area contributed by atoms with E-state index in [1.165, 1.54) is 19.3 Å². The second-order valence-electron chi connectivity index (χ2n) is 8.23. The molecule has 1 aromatic carbocycles. The number of aromatic hydroxyl groups is 1. The molecule has 1 aliphatic carbocycles.